The highest BCUT2D eigenvalue weighted by molar-refractivity contribution is 7.89. The minimum Gasteiger partial charge on any atom is -0.477 e. The van der Waals surface area contributed by atoms with Crippen molar-refractivity contribution in [3.63, 3.8) is 0 Å². The summed E-state index contributed by atoms with van der Waals surface area (Å²) in [4.78, 5) is 10.9. The number of thiophene rings is 1. The lowest BCUT2D eigenvalue weighted by Gasteiger charge is -2.21. The fourth-order valence-corrected chi connectivity index (χ4v) is 5.35. The third-order valence-electron chi connectivity index (χ3n) is 3.67. The lowest BCUT2D eigenvalue weighted by Crippen LogP contribution is -2.31. The van der Waals surface area contributed by atoms with Gasteiger partial charge in [-0.3, -0.25) is 0 Å². The minimum atomic E-state index is -3.74. The zero-order chi connectivity index (χ0) is 14.8. The van der Waals surface area contributed by atoms with Crippen LogP contribution in [-0.2, 0) is 10.0 Å². The number of carbonyl (C=O) groups is 1. The summed E-state index contributed by atoms with van der Waals surface area (Å²) >= 11 is 0.954. The van der Waals surface area contributed by atoms with E-state index in [0.717, 1.165) is 37.0 Å². The van der Waals surface area contributed by atoms with E-state index in [1.165, 1.54) is 6.42 Å². The van der Waals surface area contributed by atoms with E-state index < -0.39 is 16.0 Å². The number of sulfonamides is 1. The lowest BCUT2D eigenvalue weighted by atomic mass is 9.90. The van der Waals surface area contributed by atoms with Crippen molar-refractivity contribution < 1.29 is 18.3 Å². The fourth-order valence-electron chi connectivity index (χ4n) is 2.61. The van der Waals surface area contributed by atoms with Gasteiger partial charge in [-0.25, -0.2) is 17.9 Å². The maximum Gasteiger partial charge on any atom is 0.347 e. The first-order chi connectivity index (χ1) is 9.42. The number of rotatable bonds is 5. The van der Waals surface area contributed by atoms with Gasteiger partial charge in [0.05, 0.1) is 0 Å². The van der Waals surface area contributed by atoms with E-state index in [-0.39, 0.29) is 9.77 Å². The molecule has 0 atom stereocenters. The van der Waals surface area contributed by atoms with Crippen molar-refractivity contribution in [3.05, 3.63) is 15.8 Å². The topological polar surface area (TPSA) is 83.5 Å². The molecule has 1 aliphatic carbocycles. The summed E-state index contributed by atoms with van der Waals surface area (Å²) in [6, 6.07) is 0. The Morgan fingerprint density at radius 3 is 2.65 bits per heavy atom. The Morgan fingerprint density at radius 1 is 1.40 bits per heavy atom. The summed E-state index contributed by atoms with van der Waals surface area (Å²) in [7, 11) is -3.74. The van der Waals surface area contributed by atoms with Crippen molar-refractivity contribution >= 4 is 27.3 Å². The molecule has 20 heavy (non-hydrogen) atoms. The van der Waals surface area contributed by atoms with Gasteiger partial charge in [0.1, 0.15) is 9.77 Å². The molecule has 1 saturated carbocycles. The molecule has 112 valence electrons. The Morgan fingerprint density at radius 2 is 2.05 bits per heavy atom. The van der Waals surface area contributed by atoms with E-state index >= 15 is 0 Å². The van der Waals surface area contributed by atoms with Crippen molar-refractivity contribution in [2.75, 3.05) is 6.54 Å². The normalized spacial score (nSPS) is 17.2. The van der Waals surface area contributed by atoms with Gasteiger partial charge in [-0.05, 0) is 36.6 Å². The molecule has 7 heteroatoms. The number of nitrogens with one attached hydrogen (secondary N) is 1. The van der Waals surface area contributed by atoms with Gasteiger partial charge in [0.2, 0.25) is 10.0 Å². The van der Waals surface area contributed by atoms with Crippen LogP contribution >= 0.6 is 11.3 Å². The van der Waals surface area contributed by atoms with Gasteiger partial charge in [-0.1, -0.05) is 19.3 Å². The van der Waals surface area contributed by atoms with Gasteiger partial charge >= 0.3 is 5.97 Å². The molecule has 2 N–H and O–H groups in total. The van der Waals surface area contributed by atoms with E-state index in [0.29, 0.717) is 18.0 Å². The summed E-state index contributed by atoms with van der Waals surface area (Å²) in [5.41, 5.74) is 0.489. The van der Waals surface area contributed by atoms with E-state index in [9.17, 15) is 13.2 Å². The van der Waals surface area contributed by atoms with Crippen LogP contribution in [0.1, 0.15) is 47.3 Å². The van der Waals surface area contributed by atoms with Crippen molar-refractivity contribution in [1.82, 2.24) is 4.72 Å². The van der Waals surface area contributed by atoms with Crippen molar-refractivity contribution in [2.24, 2.45) is 5.92 Å². The van der Waals surface area contributed by atoms with Crippen LogP contribution in [0.15, 0.2) is 10.3 Å². The number of hydrogen-bond acceptors (Lipinski definition) is 4. The van der Waals surface area contributed by atoms with E-state index in [1.54, 1.807) is 12.3 Å². The maximum absolute atomic E-state index is 12.3. The predicted molar refractivity (Wildman–Crippen MR) is 77.8 cm³/mol. The molecule has 5 nitrogen and oxygen atoms in total. The Labute approximate surface area is 123 Å². The molecular formula is C13H19NO4S2. The van der Waals surface area contributed by atoms with Gasteiger partial charge in [0.25, 0.3) is 0 Å². The van der Waals surface area contributed by atoms with Crippen LogP contribution in [0.3, 0.4) is 0 Å². The zero-order valence-corrected chi connectivity index (χ0v) is 13.0. The Balaban J connectivity index is 2.14. The summed E-state index contributed by atoms with van der Waals surface area (Å²) in [5, 5.41) is 10.6. The first kappa shape index (κ1) is 15.5. The van der Waals surface area contributed by atoms with Gasteiger partial charge < -0.3 is 5.11 Å². The molecule has 0 saturated heterocycles. The molecule has 2 rings (SSSR count). The molecule has 0 aliphatic heterocycles. The molecule has 0 radical (unpaired) electrons. The van der Waals surface area contributed by atoms with Gasteiger partial charge in [-0.15, -0.1) is 11.3 Å². The smallest absolute Gasteiger partial charge is 0.347 e. The number of carboxylic acids is 1. The number of aryl methyl sites for hydroxylation is 1. The zero-order valence-electron chi connectivity index (χ0n) is 11.4. The molecule has 1 fully saturated rings. The largest absolute Gasteiger partial charge is 0.477 e. The van der Waals surface area contributed by atoms with E-state index in [2.05, 4.69) is 4.72 Å². The van der Waals surface area contributed by atoms with Crippen LogP contribution in [-0.4, -0.2) is 26.0 Å². The van der Waals surface area contributed by atoms with Crippen LogP contribution in [0.5, 0.6) is 0 Å². The molecule has 0 unspecified atom stereocenters. The molecule has 0 aromatic carbocycles. The van der Waals surface area contributed by atoms with Crippen molar-refractivity contribution in [3.8, 4) is 0 Å². The van der Waals surface area contributed by atoms with Crippen LogP contribution in [0, 0.1) is 12.8 Å². The molecule has 1 aliphatic rings. The SMILES string of the molecule is Cc1csc(C(=O)O)c1S(=O)(=O)NCC1CCCCC1. The van der Waals surface area contributed by atoms with Gasteiger partial charge in [0.15, 0.2) is 0 Å². The van der Waals surface area contributed by atoms with Crippen molar-refractivity contribution in [2.45, 2.75) is 43.9 Å². The fraction of sp³-hybridized carbons (Fsp3) is 0.615. The Kier molecular flexibility index (Phi) is 4.82. The summed E-state index contributed by atoms with van der Waals surface area (Å²) < 4.78 is 27.2. The van der Waals surface area contributed by atoms with E-state index in [4.69, 9.17) is 5.11 Å². The number of carboxylic acid groups (broad SMARTS) is 1. The second-order valence-corrected chi connectivity index (χ2v) is 7.82. The molecule has 0 spiro atoms. The second-order valence-electron chi connectivity index (χ2n) is 5.24. The van der Waals surface area contributed by atoms with Crippen LogP contribution < -0.4 is 4.72 Å². The summed E-state index contributed by atoms with van der Waals surface area (Å²) in [5.74, 6) is -0.827. The summed E-state index contributed by atoms with van der Waals surface area (Å²) in [6.07, 6.45) is 5.58. The Bertz CT molecular complexity index is 586. The summed E-state index contributed by atoms with van der Waals surface area (Å²) in [6.45, 7) is 2.02. The molecule has 1 aromatic rings. The third-order valence-corrected chi connectivity index (χ3v) is 6.49. The molecule has 0 amide bonds. The molecule has 0 bridgehead atoms. The van der Waals surface area contributed by atoms with Crippen LogP contribution in [0.25, 0.3) is 0 Å². The third kappa shape index (κ3) is 3.39. The molecule has 1 aromatic heterocycles. The molecule has 1 heterocycles. The minimum absolute atomic E-state index is 0.0780. The first-order valence-corrected chi connectivity index (χ1v) is 9.09. The Hall–Kier alpha value is -0.920. The average Bonchev–Trinajstić information content (AvgIpc) is 2.81. The quantitative estimate of drug-likeness (QED) is 0.874. The average molecular weight is 317 g/mol. The highest BCUT2D eigenvalue weighted by atomic mass is 32.2. The number of aromatic carboxylic acids is 1. The number of hydrogen-bond donors (Lipinski definition) is 2. The predicted octanol–water partition coefficient (Wildman–Crippen LogP) is 2.61. The highest BCUT2D eigenvalue weighted by Gasteiger charge is 2.27. The second kappa shape index (κ2) is 6.24. The maximum atomic E-state index is 12.3. The monoisotopic (exact) mass is 317 g/mol. The standard InChI is InChI=1S/C13H19NO4S2/c1-9-8-19-11(13(15)16)12(9)20(17,18)14-7-10-5-3-2-4-6-10/h8,10,14H,2-7H2,1H3,(H,15,16). The van der Waals surface area contributed by atoms with Crippen LogP contribution in [0.4, 0.5) is 0 Å². The molecular weight excluding hydrogens is 298 g/mol. The van der Waals surface area contributed by atoms with Gasteiger partial charge in [-0.2, -0.15) is 0 Å². The highest BCUT2D eigenvalue weighted by Crippen LogP contribution is 2.28. The van der Waals surface area contributed by atoms with Gasteiger partial charge in [0, 0.05) is 6.54 Å². The van der Waals surface area contributed by atoms with Crippen molar-refractivity contribution in [1.29, 1.82) is 0 Å². The van der Waals surface area contributed by atoms with Crippen LogP contribution in [0.2, 0.25) is 0 Å². The lowest BCUT2D eigenvalue weighted by molar-refractivity contribution is 0.0698. The first-order valence-electron chi connectivity index (χ1n) is 6.73. The van der Waals surface area contributed by atoms with E-state index in [1.807, 2.05) is 0 Å².